The zero-order valence-electron chi connectivity index (χ0n) is 17.2. The van der Waals surface area contributed by atoms with E-state index in [2.05, 4.69) is 18.8 Å². The summed E-state index contributed by atoms with van der Waals surface area (Å²) in [6.45, 7) is 6.17. The number of carbonyl (C=O) groups excluding carboxylic acids is 1. The van der Waals surface area contributed by atoms with Gasteiger partial charge in [0.1, 0.15) is 5.52 Å². The van der Waals surface area contributed by atoms with E-state index in [9.17, 15) is 4.79 Å². The quantitative estimate of drug-likeness (QED) is 0.406. The van der Waals surface area contributed by atoms with E-state index in [0.717, 1.165) is 29.5 Å². The number of carbonyl (C=O) groups is 1. The van der Waals surface area contributed by atoms with Gasteiger partial charge in [-0.15, -0.1) is 0 Å². The number of halogens is 2. The van der Waals surface area contributed by atoms with Crippen LogP contribution >= 0.6 is 23.2 Å². The van der Waals surface area contributed by atoms with E-state index < -0.39 is 5.97 Å². The maximum absolute atomic E-state index is 12.3. The van der Waals surface area contributed by atoms with Crippen molar-refractivity contribution in [2.45, 2.75) is 39.5 Å². The molecule has 5 nitrogen and oxygen atoms in total. The highest BCUT2D eigenvalue weighted by atomic mass is 35.5. The summed E-state index contributed by atoms with van der Waals surface area (Å²) in [6, 6.07) is 7.51. The fourth-order valence-electron chi connectivity index (χ4n) is 3.66. The minimum Gasteiger partial charge on any atom is -0.465 e. The van der Waals surface area contributed by atoms with Gasteiger partial charge in [-0.1, -0.05) is 43.1 Å². The van der Waals surface area contributed by atoms with Gasteiger partial charge in [-0.2, -0.15) is 4.98 Å². The molecular formula is C22H24Cl2N2O3. The van der Waals surface area contributed by atoms with Gasteiger partial charge >= 0.3 is 12.0 Å². The third-order valence-corrected chi connectivity index (χ3v) is 5.73. The van der Waals surface area contributed by atoms with Crippen molar-refractivity contribution in [3.05, 3.63) is 51.0 Å². The van der Waals surface area contributed by atoms with E-state index in [-0.39, 0.29) is 0 Å². The molecule has 0 unspecified atom stereocenters. The smallest absolute Gasteiger partial charge is 0.340 e. The van der Waals surface area contributed by atoms with Crippen LogP contribution in [0.5, 0.6) is 11.8 Å². The minimum atomic E-state index is -0.434. The lowest BCUT2D eigenvalue weighted by molar-refractivity contribution is 0.0603. The Morgan fingerprint density at radius 2 is 1.90 bits per heavy atom. The number of methoxy groups -OCH3 is 1. The average Bonchev–Trinajstić information content (AvgIpc) is 3.01. The maximum Gasteiger partial charge on any atom is 0.340 e. The Hall–Kier alpha value is -2.24. The van der Waals surface area contributed by atoms with Crippen LogP contribution in [0.2, 0.25) is 10.0 Å². The van der Waals surface area contributed by atoms with Gasteiger partial charge in [-0.05, 0) is 55.0 Å². The average molecular weight is 435 g/mol. The standard InChI is InChI=1S/C22H24Cl2N2O3/c1-6-13(7-2)15-8-9-16(21(27)28-5)18-19(15)26(4)22(25-18)29-20-12(3)10-14(23)11-17(20)24/h8-11,13H,6-7H2,1-5H3. The maximum atomic E-state index is 12.3. The van der Waals surface area contributed by atoms with Crippen molar-refractivity contribution in [2.75, 3.05) is 7.11 Å². The fraction of sp³-hybridized carbons (Fsp3) is 0.364. The highest BCUT2D eigenvalue weighted by molar-refractivity contribution is 6.35. The summed E-state index contributed by atoms with van der Waals surface area (Å²) in [6.07, 6.45) is 1.96. The van der Waals surface area contributed by atoms with Gasteiger partial charge in [0.15, 0.2) is 5.75 Å². The molecule has 2 aromatic carbocycles. The van der Waals surface area contributed by atoms with Crippen molar-refractivity contribution in [1.29, 1.82) is 0 Å². The van der Waals surface area contributed by atoms with Gasteiger partial charge in [-0.25, -0.2) is 4.79 Å². The Morgan fingerprint density at radius 1 is 1.21 bits per heavy atom. The molecule has 0 atom stereocenters. The first-order valence-electron chi connectivity index (χ1n) is 9.53. The Labute approximate surface area is 180 Å². The van der Waals surface area contributed by atoms with Crippen LogP contribution in [0.1, 0.15) is 54.1 Å². The van der Waals surface area contributed by atoms with E-state index >= 15 is 0 Å². The molecule has 0 spiro atoms. The molecule has 3 rings (SSSR count). The van der Waals surface area contributed by atoms with Crippen molar-refractivity contribution in [3.8, 4) is 11.8 Å². The molecular weight excluding hydrogens is 411 g/mol. The van der Waals surface area contributed by atoms with Crippen LogP contribution in [0.25, 0.3) is 11.0 Å². The van der Waals surface area contributed by atoms with Crippen LogP contribution in [0.4, 0.5) is 0 Å². The van der Waals surface area contributed by atoms with Crippen LogP contribution in [0.3, 0.4) is 0 Å². The molecule has 154 valence electrons. The van der Waals surface area contributed by atoms with Crippen molar-refractivity contribution >= 4 is 40.2 Å². The number of nitrogens with zero attached hydrogens (tertiary/aromatic N) is 2. The van der Waals surface area contributed by atoms with E-state index in [4.69, 9.17) is 32.7 Å². The number of rotatable bonds is 6. The first kappa shape index (κ1) is 21.5. The van der Waals surface area contributed by atoms with Gasteiger partial charge in [0.25, 0.3) is 0 Å². The predicted octanol–water partition coefficient (Wildman–Crippen LogP) is 6.67. The van der Waals surface area contributed by atoms with Crippen LogP contribution in [-0.2, 0) is 11.8 Å². The van der Waals surface area contributed by atoms with Crippen molar-refractivity contribution < 1.29 is 14.3 Å². The molecule has 0 bridgehead atoms. The van der Waals surface area contributed by atoms with Gasteiger partial charge in [-0.3, -0.25) is 4.57 Å². The lowest BCUT2D eigenvalue weighted by atomic mass is 9.91. The molecule has 29 heavy (non-hydrogen) atoms. The number of imidazole rings is 1. The summed E-state index contributed by atoms with van der Waals surface area (Å²) in [5.41, 5.74) is 3.74. The minimum absolute atomic E-state index is 0.341. The lowest BCUT2D eigenvalue weighted by Gasteiger charge is -2.16. The summed E-state index contributed by atoms with van der Waals surface area (Å²) in [4.78, 5) is 17.0. The predicted molar refractivity (Wildman–Crippen MR) is 117 cm³/mol. The second-order valence-corrected chi connectivity index (χ2v) is 7.84. The largest absolute Gasteiger partial charge is 0.465 e. The first-order chi connectivity index (χ1) is 13.8. The normalized spacial score (nSPS) is 11.3. The molecule has 0 saturated carbocycles. The van der Waals surface area contributed by atoms with Gasteiger partial charge in [0, 0.05) is 12.1 Å². The summed E-state index contributed by atoms with van der Waals surface area (Å²) in [5.74, 6) is 0.392. The van der Waals surface area contributed by atoms with E-state index in [1.807, 2.05) is 24.6 Å². The van der Waals surface area contributed by atoms with Crippen LogP contribution in [0.15, 0.2) is 24.3 Å². The van der Waals surface area contributed by atoms with E-state index in [1.54, 1.807) is 18.2 Å². The molecule has 7 heteroatoms. The van der Waals surface area contributed by atoms with Gasteiger partial charge < -0.3 is 9.47 Å². The summed E-state index contributed by atoms with van der Waals surface area (Å²) in [7, 11) is 3.23. The molecule has 0 N–H and O–H groups in total. The Kier molecular flexibility index (Phi) is 6.39. The monoisotopic (exact) mass is 434 g/mol. The second kappa shape index (κ2) is 8.64. The Morgan fingerprint density at radius 3 is 2.48 bits per heavy atom. The van der Waals surface area contributed by atoms with Crippen molar-refractivity contribution in [3.63, 3.8) is 0 Å². The van der Waals surface area contributed by atoms with E-state index in [1.165, 1.54) is 7.11 Å². The van der Waals surface area contributed by atoms with Crippen LogP contribution < -0.4 is 4.74 Å². The third kappa shape index (κ3) is 3.94. The molecule has 0 aliphatic rings. The number of hydrogen-bond acceptors (Lipinski definition) is 4. The number of benzene rings is 2. The zero-order chi connectivity index (χ0) is 21.3. The molecule has 1 aromatic heterocycles. The van der Waals surface area contributed by atoms with Gasteiger partial charge in [0.2, 0.25) is 0 Å². The fourth-order valence-corrected chi connectivity index (χ4v) is 4.29. The lowest BCUT2D eigenvalue weighted by Crippen LogP contribution is -2.06. The number of aryl methyl sites for hydroxylation is 2. The Balaban J connectivity index is 2.23. The Bertz CT molecular complexity index is 1050. The zero-order valence-corrected chi connectivity index (χ0v) is 18.7. The number of ether oxygens (including phenoxy) is 2. The summed E-state index contributed by atoms with van der Waals surface area (Å²) >= 11 is 12.4. The van der Waals surface area contributed by atoms with Crippen LogP contribution in [0, 0.1) is 6.92 Å². The molecule has 0 saturated heterocycles. The SMILES string of the molecule is CCC(CC)c1ccc(C(=O)OC)c2nc(Oc3c(C)cc(Cl)cc3Cl)n(C)c12. The number of hydrogen-bond donors (Lipinski definition) is 0. The molecule has 0 aliphatic carbocycles. The molecule has 0 aliphatic heterocycles. The second-order valence-electron chi connectivity index (χ2n) is 6.99. The molecule has 0 radical (unpaired) electrons. The van der Waals surface area contributed by atoms with Crippen LogP contribution in [-0.4, -0.2) is 22.6 Å². The third-order valence-electron chi connectivity index (χ3n) is 5.23. The highest BCUT2D eigenvalue weighted by Crippen LogP contribution is 2.38. The number of aromatic nitrogens is 2. The first-order valence-corrected chi connectivity index (χ1v) is 10.3. The number of fused-ring (bicyclic) bond motifs is 1. The molecule has 1 heterocycles. The highest BCUT2D eigenvalue weighted by Gasteiger charge is 2.24. The molecule has 0 fully saturated rings. The van der Waals surface area contributed by atoms with Crippen molar-refractivity contribution in [2.24, 2.45) is 7.05 Å². The van der Waals surface area contributed by atoms with Crippen molar-refractivity contribution in [1.82, 2.24) is 9.55 Å². The summed E-state index contributed by atoms with van der Waals surface area (Å²) < 4.78 is 12.9. The topological polar surface area (TPSA) is 53.4 Å². The molecule has 0 amide bonds. The number of esters is 1. The molecule has 3 aromatic rings. The van der Waals surface area contributed by atoms with Gasteiger partial charge in [0.05, 0.1) is 23.2 Å². The summed E-state index contributed by atoms with van der Waals surface area (Å²) in [5, 5.41) is 0.935. The van der Waals surface area contributed by atoms with E-state index in [0.29, 0.717) is 38.8 Å².